The molecule has 1 aliphatic heterocycles. The Balaban J connectivity index is 1.62. The van der Waals surface area contributed by atoms with Crippen molar-refractivity contribution in [2.75, 3.05) is 51.4 Å². The normalized spacial score (nSPS) is 16.8. The van der Waals surface area contributed by atoms with Gasteiger partial charge in [0.25, 0.3) is 0 Å². The first-order valence-corrected chi connectivity index (χ1v) is 10.2. The Hall–Kier alpha value is -2.12. The summed E-state index contributed by atoms with van der Waals surface area (Å²) in [5.41, 5.74) is 2.03. The maximum Gasteiger partial charge on any atom is 0.221 e. The molecule has 0 aromatic heterocycles. The Kier molecular flexibility index (Phi) is 10.4. The Bertz CT molecular complexity index is 598. The zero-order valence-electron chi connectivity index (χ0n) is 17.1. The number of amides is 1. The third-order valence-corrected chi connectivity index (χ3v) is 4.42. The van der Waals surface area contributed by atoms with Gasteiger partial charge in [0.05, 0.1) is 13.2 Å². The third-order valence-electron chi connectivity index (χ3n) is 4.42. The zero-order chi connectivity index (χ0) is 20.0. The Morgan fingerprint density at radius 3 is 2.79 bits per heavy atom. The summed E-state index contributed by atoms with van der Waals surface area (Å²) in [6.45, 7) is 9.17. The van der Waals surface area contributed by atoms with E-state index in [0.717, 1.165) is 77.0 Å². The van der Waals surface area contributed by atoms with Crippen LogP contribution in [0.4, 0.5) is 5.69 Å². The minimum absolute atomic E-state index is 0.0566. The van der Waals surface area contributed by atoms with Gasteiger partial charge in [-0.25, -0.2) is 0 Å². The van der Waals surface area contributed by atoms with Gasteiger partial charge in [0.15, 0.2) is 5.96 Å². The lowest BCUT2D eigenvalue weighted by Gasteiger charge is -2.12. The average Bonchev–Trinajstić information content (AvgIpc) is 3.19. The van der Waals surface area contributed by atoms with Crippen LogP contribution in [0.2, 0.25) is 0 Å². The van der Waals surface area contributed by atoms with E-state index in [1.807, 2.05) is 24.3 Å². The highest BCUT2D eigenvalue weighted by molar-refractivity contribution is 5.88. The SMILES string of the molecule is CCNC(=NCCCOCC1CCOC1)NCCc1ccc(NC(C)=O)cc1. The minimum atomic E-state index is -0.0566. The van der Waals surface area contributed by atoms with Crippen LogP contribution < -0.4 is 16.0 Å². The molecule has 1 fully saturated rings. The molecule has 1 unspecified atom stereocenters. The molecule has 0 radical (unpaired) electrons. The zero-order valence-corrected chi connectivity index (χ0v) is 17.1. The second kappa shape index (κ2) is 13.1. The molecule has 1 heterocycles. The number of nitrogens with zero attached hydrogens (tertiary/aromatic N) is 1. The Morgan fingerprint density at radius 1 is 1.29 bits per heavy atom. The first-order valence-electron chi connectivity index (χ1n) is 10.2. The molecule has 1 amide bonds. The fourth-order valence-electron chi connectivity index (χ4n) is 2.95. The molecule has 28 heavy (non-hydrogen) atoms. The summed E-state index contributed by atoms with van der Waals surface area (Å²) in [6, 6.07) is 7.91. The van der Waals surface area contributed by atoms with Crippen LogP contribution in [0.15, 0.2) is 29.3 Å². The highest BCUT2D eigenvalue weighted by atomic mass is 16.5. The van der Waals surface area contributed by atoms with Crippen LogP contribution in [-0.2, 0) is 20.7 Å². The molecule has 0 bridgehead atoms. The lowest BCUT2D eigenvalue weighted by molar-refractivity contribution is -0.114. The largest absolute Gasteiger partial charge is 0.381 e. The van der Waals surface area contributed by atoms with E-state index in [0.29, 0.717) is 5.92 Å². The van der Waals surface area contributed by atoms with Gasteiger partial charge >= 0.3 is 0 Å². The molecule has 1 atom stereocenters. The molecule has 1 saturated heterocycles. The van der Waals surface area contributed by atoms with Crippen molar-refractivity contribution in [3.8, 4) is 0 Å². The van der Waals surface area contributed by atoms with E-state index in [1.165, 1.54) is 12.5 Å². The predicted molar refractivity (Wildman–Crippen MR) is 113 cm³/mol. The number of aliphatic imine (C=N–C) groups is 1. The van der Waals surface area contributed by atoms with Crippen molar-refractivity contribution in [3.63, 3.8) is 0 Å². The van der Waals surface area contributed by atoms with E-state index in [4.69, 9.17) is 9.47 Å². The van der Waals surface area contributed by atoms with Crippen molar-refractivity contribution >= 4 is 17.6 Å². The lowest BCUT2D eigenvalue weighted by Crippen LogP contribution is -2.38. The van der Waals surface area contributed by atoms with Crippen molar-refractivity contribution in [1.29, 1.82) is 0 Å². The summed E-state index contributed by atoms with van der Waals surface area (Å²) in [5.74, 6) is 1.34. The van der Waals surface area contributed by atoms with Crippen molar-refractivity contribution in [1.82, 2.24) is 10.6 Å². The van der Waals surface area contributed by atoms with Crippen LogP contribution in [0.1, 0.15) is 32.3 Å². The van der Waals surface area contributed by atoms with E-state index in [9.17, 15) is 4.79 Å². The van der Waals surface area contributed by atoms with Gasteiger partial charge in [0.1, 0.15) is 0 Å². The van der Waals surface area contributed by atoms with Gasteiger partial charge < -0.3 is 25.4 Å². The molecule has 0 spiro atoms. The van der Waals surface area contributed by atoms with Gasteiger partial charge in [-0.1, -0.05) is 12.1 Å². The standard InChI is InChI=1S/C21H34N4O3/c1-3-22-21(23-11-4-13-27-15-19-10-14-28-16-19)24-12-9-18-5-7-20(8-6-18)25-17(2)26/h5-8,19H,3-4,9-16H2,1-2H3,(H,25,26)(H2,22,23,24). The summed E-state index contributed by atoms with van der Waals surface area (Å²) in [7, 11) is 0. The van der Waals surface area contributed by atoms with Crippen LogP contribution in [0.5, 0.6) is 0 Å². The summed E-state index contributed by atoms with van der Waals surface area (Å²) < 4.78 is 11.1. The van der Waals surface area contributed by atoms with E-state index in [1.54, 1.807) is 0 Å². The summed E-state index contributed by atoms with van der Waals surface area (Å²) in [5, 5.41) is 9.41. The van der Waals surface area contributed by atoms with Gasteiger partial charge in [-0.2, -0.15) is 0 Å². The molecule has 156 valence electrons. The van der Waals surface area contributed by atoms with Crippen molar-refractivity contribution < 1.29 is 14.3 Å². The third kappa shape index (κ3) is 9.19. The molecule has 1 aromatic carbocycles. The average molecular weight is 391 g/mol. The molecule has 1 aromatic rings. The van der Waals surface area contributed by atoms with Crippen LogP contribution >= 0.6 is 0 Å². The van der Waals surface area contributed by atoms with Gasteiger partial charge in [-0.05, 0) is 43.9 Å². The maximum atomic E-state index is 11.1. The van der Waals surface area contributed by atoms with Crippen LogP contribution in [0.3, 0.4) is 0 Å². The lowest BCUT2D eigenvalue weighted by atomic mass is 10.1. The Morgan fingerprint density at radius 2 is 2.11 bits per heavy atom. The molecule has 7 heteroatoms. The van der Waals surface area contributed by atoms with E-state index >= 15 is 0 Å². The molecule has 7 nitrogen and oxygen atoms in total. The number of hydrogen-bond acceptors (Lipinski definition) is 4. The molecule has 1 aliphatic rings. The second-order valence-electron chi connectivity index (χ2n) is 6.97. The number of carbonyl (C=O) groups excluding carboxylic acids is 1. The first kappa shape index (κ1) is 22.2. The fourth-order valence-corrected chi connectivity index (χ4v) is 2.95. The van der Waals surface area contributed by atoms with Gasteiger partial charge in [-0.15, -0.1) is 0 Å². The predicted octanol–water partition coefficient (Wildman–Crippen LogP) is 2.19. The number of benzene rings is 1. The van der Waals surface area contributed by atoms with Crippen molar-refractivity contribution in [2.24, 2.45) is 10.9 Å². The number of anilines is 1. The van der Waals surface area contributed by atoms with Crippen molar-refractivity contribution in [3.05, 3.63) is 29.8 Å². The summed E-state index contributed by atoms with van der Waals surface area (Å²) >= 11 is 0. The summed E-state index contributed by atoms with van der Waals surface area (Å²) in [4.78, 5) is 15.7. The highest BCUT2D eigenvalue weighted by Gasteiger charge is 2.15. The van der Waals surface area contributed by atoms with Crippen molar-refractivity contribution in [2.45, 2.75) is 33.1 Å². The monoisotopic (exact) mass is 390 g/mol. The van der Waals surface area contributed by atoms with E-state index in [2.05, 4.69) is 27.9 Å². The molecular formula is C21H34N4O3. The van der Waals surface area contributed by atoms with Gasteiger partial charge in [0, 0.05) is 51.4 Å². The number of ether oxygens (including phenoxy) is 2. The van der Waals surface area contributed by atoms with Gasteiger partial charge in [-0.3, -0.25) is 9.79 Å². The Labute approximate surface area is 168 Å². The number of nitrogens with one attached hydrogen (secondary N) is 3. The van der Waals surface area contributed by atoms with Crippen LogP contribution in [0.25, 0.3) is 0 Å². The number of carbonyl (C=O) groups is 1. The maximum absolute atomic E-state index is 11.1. The number of rotatable bonds is 11. The fraction of sp³-hybridized carbons (Fsp3) is 0.619. The second-order valence-corrected chi connectivity index (χ2v) is 6.97. The topological polar surface area (TPSA) is 84.0 Å². The summed E-state index contributed by atoms with van der Waals surface area (Å²) in [6.07, 6.45) is 2.91. The highest BCUT2D eigenvalue weighted by Crippen LogP contribution is 2.12. The minimum Gasteiger partial charge on any atom is -0.381 e. The van der Waals surface area contributed by atoms with E-state index in [-0.39, 0.29) is 5.91 Å². The molecule has 3 N–H and O–H groups in total. The quantitative estimate of drug-likeness (QED) is 0.306. The number of guanidine groups is 1. The van der Waals surface area contributed by atoms with Crippen LogP contribution in [0, 0.1) is 5.92 Å². The molecule has 0 aliphatic carbocycles. The smallest absolute Gasteiger partial charge is 0.221 e. The molecule has 2 rings (SSSR count). The first-order chi connectivity index (χ1) is 13.7. The molecule has 0 saturated carbocycles. The number of hydrogen-bond donors (Lipinski definition) is 3. The molecular weight excluding hydrogens is 356 g/mol. The van der Waals surface area contributed by atoms with Crippen LogP contribution in [-0.4, -0.2) is 57.9 Å². The van der Waals surface area contributed by atoms with Gasteiger partial charge in [0.2, 0.25) is 5.91 Å². The van der Waals surface area contributed by atoms with E-state index < -0.39 is 0 Å².